The van der Waals surface area contributed by atoms with E-state index in [1.807, 2.05) is 77.1 Å². The van der Waals surface area contributed by atoms with Crippen LogP contribution in [0.4, 0.5) is 4.79 Å². The molecule has 47 heavy (non-hydrogen) atoms. The third-order valence-corrected chi connectivity index (χ3v) is 7.23. The van der Waals surface area contributed by atoms with Crippen molar-refractivity contribution in [1.82, 2.24) is 25.1 Å². The second-order valence-electron chi connectivity index (χ2n) is 12.7. The van der Waals surface area contributed by atoms with E-state index in [4.69, 9.17) is 9.72 Å². The summed E-state index contributed by atoms with van der Waals surface area (Å²) in [6, 6.07) is 16.4. The van der Waals surface area contributed by atoms with E-state index >= 15 is 0 Å². The molecule has 1 unspecified atom stereocenters. The Morgan fingerprint density at radius 2 is 1.57 bits per heavy atom. The SMILES string of the molecule is CC.CC(=O)NCc1c(C)nc(C(C(C)C)N(CCCNC(=O)OC(C)(C)C)C(=O)c2ccc(C)cc2)n(Cc2ccccc2)c1=O. The van der Waals surface area contributed by atoms with E-state index < -0.39 is 17.7 Å². The highest BCUT2D eigenvalue weighted by Crippen LogP contribution is 2.30. The minimum absolute atomic E-state index is 0.0523. The molecule has 1 atom stereocenters. The van der Waals surface area contributed by atoms with E-state index in [9.17, 15) is 19.2 Å². The van der Waals surface area contributed by atoms with Gasteiger partial charge in [-0.05, 0) is 64.7 Å². The molecule has 0 spiro atoms. The van der Waals surface area contributed by atoms with E-state index in [0.29, 0.717) is 35.6 Å². The summed E-state index contributed by atoms with van der Waals surface area (Å²) in [4.78, 5) is 59.1. The molecule has 0 aliphatic rings. The lowest BCUT2D eigenvalue weighted by Gasteiger charge is -2.36. The van der Waals surface area contributed by atoms with Crippen molar-refractivity contribution >= 4 is 17.9 Å². The number of alkyl carbamates (subject to hydrolysis) is 1. The van der Waals surface area contributed by atoms with Gasteiger partial charge < -0.3 is 20.3 Å². The molecule has 0 bridgehead atoms. The highest BCUT2D eigenvalue weighted by molar-refractivity contribution is 5.94. The Morgan fingerprint density at radius 3 is 2.13 bits per heavy atom. The zero-order valence-electron chi connectivity index (χ0n) is 29.8. The van der Waals surface area contributed by atoms with Crippen LogP contribution in [0.15, 0.2) is 59.4 Å². The van der Waals surface area contributed by atoms with Crippen molar-refractivity contribution in [3.63, 3.8) is 0 Å². The van der Waals surface area contributed by atoms with Gasteiger partial charge in [-0.15, -0.1) is 0 Å². The first-order valence-corrected chi connectivity index (χ1v) is 16.4. The number of nitrogens with zero attached hydrogens (tertiary/aromatic N) is 3. The van der Waals surface area contributed by atoms with Crippen LogP contribution in [-0.2, 0) is 22.6 Å². The van der Waals surface area contributed by atoms with Crippen molar-refractivity contribution < 1.29 is 19.1 Å². The molecular formula is C37H53N5O5. The molecule has 10 nitrogen and oxygen atoms in total. The number of benzene rings is 2. The van der Waals surface area contributed by atoms with Crippen molar-refractivity contribution in [2.75, 3.05) is 13.1 Å². The van der Waals surface area contributed by atoms with Crippen molar-refractivity contribution in [3.05, 3.63) is 98.7 Å². The van der Waals surface area contributed by atoms with Gasteiger partial charge >= 0.3 is 6.09 Å². The number of carbonyl (C=O) groups excluding carboxylic acids is 3. The van der Waals surface area contributed by atoms with Crippen LogP contribution < -0.4 is 16.2 Å². The third kappa shape index (κ3) is 11.7. The second-order valence-corrected chi connectivity index (χ2v) is 12.7. The molecule has 0 fully saturated rings. The zero-order chi connectivity index (χ0) is 35.3. The maximum Gasteiger partial charge on any atom is 0.407 e. The molecule has 256 valence electrons. The minimum Gasteiger partial charge on any atom is -0.444 e. The van der Waals surface area contributed by atoms with Gasteiger partial charge in [-0.1, -0.05) is 75.7 Å². The summed E-state index contributed by atoms with van der Waals surface area (Å²) in [5.41, 5.74) is 2.44. The largest absolute Gasteiger partial charge is 0.444 e. The molecule has 0 aliphatic heterocycles. The Balaban J connectivity index is 0.00000376. The lowest BCUT2D eigenvalue weighted by Crippen LogP contribution is -2.44. The molecule has 0 radical (unpaired) electrons. The van der Waals surface area contributed by atoms with Crippen LogP contribution in [0.3, 0.4) is 0 Å². The zero-order valence-corrected chi connectivity index (χ0v) is 29.8. The molecule has 0 aliphatic carbocycles. The quantitative estimate of drug-likeness (QED) is 0.222. The number of hydrogen-bond acceptors (Lipinski definition) is 6. The second kappa shape index (κ2) is 18.0. The number of aryl methyl sites for hydroxylation is 2. The molecule has 10 heteroatoms. The van der Waals surface area contributed by atoms with Gasteiger partial charge in [-0.2, -0.15) is 0 Å². The first-order chi connectivity index (χ1) is 22.2. The van der Waals surface area contributed by atoms with Crippen LogP contribution >= 0.6 is 0 Å². The van der Waals surface area contributed by atoms with Crippen LogP contribution in [0.1, 0.15) is 106 Å². The standard InChI is InChI=1S/C35H47N5O5.C2H6/c1-23(2)30(31-38-25(4)29(21-37-26(5)41)33(43)40(31)22-27-13-10-9-11-14-27)39(32(42)28-17-15-24(3)16-18-28)20-12-19-36-34(44)45-35(6,7)8;1-2/h9-11,13-18,23,30H,12,19-22H2,1-8H3,(H,36,44)(H,37,41);1-2H3. The van der Waals surface area contributed by atoms with Gasteiger partial charge in [0.15, 0.2) is 0 Å². The third-order valence-electron chi connectivity index (χ3n) is 7.23. The van der Waals surface area contributed by atoms with Crippen LogP contribution in [-0.4, -0.2) is 51.0 Å². The van der Waals surface area contributed by atoms with Gasteiger partial charge in [0.1, 0.15) is 11.4 Å². The summed E-state index contributed by atoms with van der Waals surface area (Å²) < 4.78 is 6.99. The number of rotatable bonds is 12. The maximum atomic E-state index is 14.2. The van der Waals surface area contributed by atoms with Gasteiger partial charge in [-0.25, -0.2) is 9.78 Å². The smallest absolute Gasteiger partial charge is 0.407 e. The minimum atomic E-state index is -0.627. The fourth-order valence-corrected chi connectivity index (χ4v) is 5.06. The summed E-state index contributed by atoms with van der Waals surface area (Å²) in [6.07, 6.45) is -0.0779. The van der Waals surface area contributed by atoms with E-state index in [1.165, 1.54) is 6.92 Å². The summed E-state index contributed by atoms with van der Waals surface area (Å²) in [5, 5.41) is 5.51. The van der Waals surface area contributed by atoms with E-state index in [1.54, 1.807) is 49.3 Å². The molecule has 2 aromatic carbocycles. The molecule has 0 saturated heterocycles. The van der Waals surface area contributed by atoms with Crippen molar-refractivity contribution in [2.24, 2.45) is 5.92 Å². The van der Waals surface area contributed by atoms with Crippen LogP contribution in [0.2, 0.25) is 0 Å². The van der Waals surface area contributed by atoms with Crippen molar-refractivity contribution in [2.45, 2.75) is 100 Å². The summed E-state index contributed by atoms with van der Waals surface area (Å²) >= 11 is 0. The molecule has 3 rings (SSSR count). The topological polar surface area (TPSA) is 123 Å². The molecule has 3 amide bonds. The van der Waals surface area contributed by atoms with Gasteiger partial charge in [0.25, 0.3) is 11.5 Å². The van der Waals surface area contributed by atoms with Gasteiger partial charge in [0.2, 0.25) is 5.91 Å². The monoisotopic (exact) mass is 647 g/mol. The molecular weight excluding hydrogens is 594 g/mol. The summed E-state index contributed by atoms with van der Waals surface area (Å²) in [5.74, 6) is -0.120. The predicted molar refractivity (Wildman–Crippen MR) is 186 cm³/mol. The summed E-state index contributed by atoms with van der Waals surface area (Å²) in [7, 11) is 0. The summed E-state index contributed by atoms with van der Waals surface area (Å²) in [6.45, 7) is 19.4. The molecule has 1 heterocycles. The lowest BCUT2D eigenvalue weighted by atomic mass is 9.98. The number of nitrogens with one attached hydrogen (secondary N) is 2. The van der Waals surface area contributed by atoms with Crippen molar-refractivity contribution in [1.29, 1.82) is 0 Å². The van der Waals surface area contributed by atoms with Crippen molar-refractivity contribution in [3.8, 4) is 0 Å². The fourth-order valence-electron chi connectivity index (χ4n) is 5.06. The van der Waals surface area contributed by atoms with E-state index in [-0.39, 0.29) is 42.9 Å². The Bertz CT molecular complexity index is 1530. The number of amides is 3. The Kier molecular flexibility index (Phi) is 14.8. The van der Waals surface area contributed by atoms with Gasteiger partial charge in [0, 0.05) is 31.3 Å². The maximum absolute atomic E-state index is 14.2. The normalized spacial score (nSPS) is 11.6. The highest BCUT2D eigenvalue weighted by Gasteiger charge is 2.33. The average Bonchev–Trinajstić information content (AvgIpc) is 3.00. The molecule has 0 saturated carbocycles. The number of ether oxygens (including phenoxy) is 1. The predicted octanol–water partition coefficient (Wildman–Crippen LogP) is 6.33. The average molecular weight is 648 g/mol. The van der Waals surface area contributed by atoms with E-state index in [0.717, 1.165) is 11.1 Å². The molecule has 1 aromatic heterocycles. The highest BCUT2D eigenvalue weighted by atomic mass is 16.6. The first-order valence-electron chi connectivity index (χ1n) is 16.4. The number of hydrogen-bond donors (Lipinski definition) is 2. The Hall–Kier alpha value is -4.47. The lowest BCUT2D eigenvalue weighted by molar-refractivity contribution is -0.119. The Labute approximate surface area is 279 Å². The Morgan fingerprint density at radius 1 is 0.957 bits per heavy atom. The van der Waals surface area contributed by atoms with Gasteiger partial charge in [0.05, 0.1) is 24.7 Å². The number of carbonyl (C=O) groups is 3. The van der Waals surface area contributed by atoms with Crippen LogP contribution in [0.5, 0.6) is 0 Å². The number of aromatic nitrogens is 2. The first kappa shape index (κ1) is 38.7. The van der Waals surface area contributed by atoms with E-state index in [2.05, 4.69) is 10.6 Å². The van der Waals surface area contributed by atoms with Gasteiger partial charge in [-0.3, -0.25) is 19.0 Å². The molecule has 3 aromatic rings. The van der Waals surface area contributed by atoms with Crippen LogP contribution in [0, 0.1) is 19.8 Å². The molecule has 2 N–H and O–H groups in total. The van der Waals surface area contributed by atoms with Crippen LogP contribution in [0.25, 0.3) is 0 Å². The fraction of sp³-hybridized carbons (Fsp3) is 0.486.